The first-order valence-electron chi connectivity index (χ1n) is 8.19. The number of rotatable bonds is 5. The Bertz CT molecular complexity index is 682. The summed E-state index contributed by atoms with van der Waals surface area (Å²) in [7, 11) is 0. The van der Waals surface area contributed by atoms with Gasteiger partial charge in [-0.05, 0) is 48.5 Å². The van der Waals surface area contributed by atoms with Crippen LogP contribution in [0.5, 0.6) is 0 Å². The zero-order valence-corrected chi connectivity index (χ0v) is 15.1. The van der Waals surface area contributed by atoms with E-state index < -0.39 is 0 Å². The highest BCUT2D eigenvalue weighted by atomic mass is 79.9. The predicted octanol–water partition coefficient (Wildman–Crippen LogP) is 3.47. The summed E-state index contributed by atoms with van der Waals surface area (Å²) < 4.78 is 8.54. The number of halogens is 1. The van der Waals surface area contributed by atoms with Gasteiger partial charge in [0.1, 0.15) is 6.23 Å². The van der Waals surface area contributed by atoms with Crippen LogP contribution in [0.3, 0.4) is 0 Å². The number of nitrogens with zero attached hydrogens (tertiary/aromatic N) is 4. The van der Waals surface area contributed by atoms with Crippen molar-refractivity contribution in [2.75, 3.05) is 17.7 Å². The second-order valence-corrected chi connectivity index (χ2v) is 6.72. The van der Waals surface area contributed by atoms with Gasteiger partial charge in [-0.1, -0.05) is 13.3 Å². The van der Waals surface area contributed by atoms with E-state index in [1.807, 2.05) is 4.57 Å². The maximum absolute atomic E-state index is 6.09. The molecule has 3 rings (SSSR count). The van der Waals surface area contributed by atoms with Gasteiger partial charge in [0.05, 0.1) is 0 Å². The first kappa shape index (κ1) is 16.4. The molecule has 0 aromatic carbocycles. The van der Waals surface area contributed by atoms with E-state index in [1.54, 1.807) is 0 Å². The predicted molar refractivity (Wildman–Crippen MR) is 94.3 cm³/mol. The fraction of sp³-hybridized carbons (Fsp3) is 0.667. The molecule has 7 nitrogen and oxygen atoms in total. The van der Waals surface area contributed by atoms with Crippen LogP contribution in [-0.4, -0.2) is 32.2 Å². The van der Waals surface area contributed by atoms with E-state index in [0.29, 0.717) is 33.7 Å². The first-order valence-corrected chi connectivity index (χ1v) is 8.98. The molecule has 0 radical (unpaired) electrons. The maximum atomic E-state index is 6.09. The van der Waals surface area contributed by atoms with Crippen LogP contribution in [0.15, 0.2) is 4.73 Å². The lowest BCUT2D eigenvalue weighted by molar-refractivity contribution is -0.0311. The third kappa shape index (κ3) is 3.42. The largest absolute Gasteiger partial charge is 0.382 e. The highest BCUT2D eigenvalue weighted by Gasteiger charge is 2.24. The molecule has 1 unspecified atom stereocenters. The standard InChI is InChI=1S/C15H23BrN6O/c1-3-6-9(2)18-15-20-12(17)11-13(21-15)22(14(16)19-11)10-7-4-5-8-23-10/h9-10H,3-8H2,1-2H3,(H3,17,18,20,21)/t9-,10?/m0/s1. The van der Waals surface area contributed by atoms with E-state index in [9.17, 15) is 0 Å². The van der Waals surface area contributed by atoms with Crippen molar-refractivity contribution >= 4 is 38.9 Å². The summed E-state index contributed by atoms with van der Waals surface area (Å²) >= 11 is 3.51. The van der Waals surface area contributed by atoms with E-state index in [4.69, 9.17) is 10.5 Å². The molecule has 0 bridgehead atoms. The van der Waals surface area contributed by atoms with Gasteiger partial charge < -0.3 is 15.8 Å². The van der Waals surface area contributed by atoms with Crippen LogP contribution >= 0.6 is 15.9 Å². The number of nitrogens with two attached hydrogens (primary N) is 1. The van der Waals surface area contributed by atoms with Gasteiger partial charge in [0.2, 0.25) is 5.95 Å². The first-order chi connectivity index (χ1) is 11.1. The molecule has 0 saturated carbocycles. The molecule has 2 aromatic rings. The Morgan fingerprint density at radius 2 is 2.22 bits per heavy atom. The maximum Gasteiger partial charge on any atom is 0.226 e. The summed E-state index contributed by atoms with van der Waals surface area (Å²) in [4.78, 5) is 13.4. The van der Waals surface area contributed by atoms with Gasteiger partial charge in [-0.2, -0.15) is 9.97 Å². The molecule has 0 spiro atoms. The molecule has 3 heterocycles. The van der Waals surface area contributed by atoms with Gasteiger partial charge in [0.25, 0.3) is 0 Å². The third-order valence-corrected chi connectivity index (χ3v) is 4.62. The number of hydrogen-bond donors (Lipinski definition) is 2. The Balaban J connectivity index is 1.99. The summed E-state index contributed by atoms with van der Waals surface area (Å²) in [6.07, 6.45) is 5.28. The molecule has 0 amide bonds. The Morgan fingerprint density at radius 1 is 1.39 bits per heavy atom. The number of nitrogen functional groups attached to an aromatic ring is 1. The normalized spacial score (nSPS) is 19.9. The summed E-state index contributed by atoms with van der Waals surface area (Å²) in [6.45, 7) is 5.03. The van der Waals surface area contributed by atoms with Gasteiger partial charge in [0, 0.05) is 12.6 Å². The smallest absolute Gasteiger partial charge is 0.226 e. The van der Waals surface area contributed by atoms with Crippen LogP contribution in [0.2, 0.25) is 0 Å². The minimum absolute atomic E-state index is 0.0571. The molecule has 23 heavy (non-hydrogen) atoms. The lowest BCUT2D eigenvalue weighted by atomic mass is 10.2. The molecule has 126 valence electrons. The zero-order chi connectivity index (χ0) is 16.4. The van der Waals surface area contributed by atoms with Crippen molar-refractivity contribution in [2.45, 2.75) is 58.2 Å². The molecular formula is C15H23BrN6O. The number of aromatic nitrogens is 4. The van der Waals surface area contributed by atoms with Crippen LogP contribution in [-0.2, 0) is 4.74 Å². The number of imidazole rings is 1. The second-order valence-electron chi connectivity index (χ2n) is 6.01. The quantitative estimate of drug-likeness (QED) is 0.769. The van der Waals surface area contributed by atoms with Crippen molar-refractivity contribution in [3.05, 3.63) is 4.73 Å². The van der Waals surface area contributed by atoms with E-state index in [1.165, 1.54) is 0 Å². The van der Waals surface area contributed by atoms with Crippen LogP contribution in [0.4, 0.5) is 11.8 Å². The van der Waals surface area contributed by atoms with E-state index >= 15 is 0 Å². The van der Waals surface area contributed by atoms with E-state index in [-0.39, 0.29) is 6.23 Å². The summed E-state index contributed by atoms with van der Waals surface area (Å²) in [5, 5.41) is 3.32. The Hall–Kier alpha value is -1.41. The SMILES string of the molecule is CCC[C@H](C)Nc1nc(N)c2nc(Br)n(C3CCCCO3)c2n1. The van der Waals surface area contributed by atoms with Crippen LogP contribution in [0, 0.1) is 0 Å². The van der Waals surface area contributed by atoms with Gasteiger partial charge in [-0.3, -0.25) is 4.57 Å². The molecular weight excluding hydrogens is 360 g/mol. The highest BCUT2D eigenvalue weighted by Crippen LogP contribution is 2.32. The van der Waals surface area contributed by atoms with Crippen molar-refractivity contribution < 1.29 is 4.74 Å². The lowest BCUT2D eigenvalue weighted by Gasteiger charge is -2.24. The second kappa shape index (κ2) is 7.00. The molecule has 1 saturated heterocycles. The number of anilines is 2. The molecule has 8 heteroatoms. The number of nitrogens with one attached hydrogen (secondary N) is 1. The van der Waals surface area contributed by atoms with Crippen molar-refractivity contribution in [1.29, 1.82) is 0 Å². The van der Waals surface area contributed by atoms with Crippen LogP contribution < -0.4 is 11.1 Å². The number of hydrogen-bond acceptors (Lipinski definition) is 6. The fourth-order valence-corrected chi connectivity index (χ4v) is 3.51. The van der Waals surface area contributed by atoms with Crippen LogP contribution in [0.1, 0.15) is 52.2 Å². The van der Waals surface area contributed by atoms with E-state index in [2.05, 4.69) is 50.0 Å². The Morgan fingerprint density at radius 3 is 2.91 bits per heavy atom. The topological polar surface area (TPSA) is 90.9 Å². The average molecular weight is 383 g/mol. The van der Waals surface area contributed by atoms with E-state index in [0.717, 1.165) is 38.7 Å². The lowest BCUT2D eigenvalue weighted by Crippen LogP contribution is -2.20. The van der Waals surface area contributed by atoms with Crippen molar-refractivity contribution in [2.24, 2.45) is 0 Å². The molecule has 3 N–H and O–H groups in total. The summed E-state index contributed by atoms with van der Waals surface area (Å²) in [5.41, 5.74) is 7.41. The van der Waals surface area contributed by atoms with Crippen molar-refractivity contribution in [1.82, 2.24) is 19.5 Å². The molecule has 2 aromatic heterocycles. The fourth-order valence-electron chi connectivity index (χ4n) is 2.94. The molecule has 1 fully saturated rings. The van der Waals surface area contributed by atoms with Crippen molar-refractivity contribution in [3.63, 3.8) is 0 Å². The average Bonchev–Trinajstić information content (AvgIpc) is 2.85. The Labute approximate surface area is 144 Å². The minimum atomic E-state index is -0.0571. The molecule has 1 aliphatic rings. The highest BCUT2D eigenvalue weighted by molar-refractivity contribution is 9.10. The number of fused-ring (bicyclic) bond motifs is 1. The summed E-state index contributed by atoms with van der Waals surface area (Å²) in [5.74, 6) is 0.928. The third-order valence-electron chi connectivity index (χ3n) is 4.06. The Kier molecular flexibility index (Phi) is 5.01. The molecule has 0 aliphatic carbocycles. The van der Waals surface area contributed by atoms with Gasteiger partial charge in [-0.25, -0.2) is 4.98 Å². The van der Waals surface area contributed by atoms with Gasteiger partial charge in [-0.15, -0.1) is 0 Å². The molecule has 2 atom stereocenters. The summed E-state index contributed by atoms with van der Waals surface area (Å²) in [6, 6.07) is 0.294. The number of ether oxygens (including phenoxy) is 1. The monoisotopic (exact) mass is 382 g/mol. The van der Waals surface area contributed by atoms with Crippen LogP contribution in [0.25, 0.3) is 11.2 Å². The van der Waals surface area contributed by atoms with Gasteiger partial charge >= 0.3 is 0 Å². The van der Waals surface area contributed by atoms with Crippen molar-refractivity contribution in [3.8, 4) is 0 Å². The molecule has 1 aliphatic heterocycles. The van der Waals surface area contributed by atoms with Gasteiger partial charge in [0.15, 0.2) is 21.7 Å². The minimum Gasteiger partial charge on any atom is -0.382 e. The zero-order valence-electron chi connectivity index (χ0n) is 13.5.